The summed E-state index contributed by atoms with van der Waals surface area (Å²) in [7, 11) is -1.19. The molecule has 2 heterocycles. The second-order valence-corrected chi connectivity index (χ2v) is 8.00. The zero-order chi connectivity index (χ0) is 18.0. The Bertz CT molecular complexity index is 916. The molecule has 0 spiro atoms. The van der Waals surface area contributed by atoms with Gasteiger partial charge in [-0.05, 0) is 18.2 Å². The van der Waals surface area contributed by atoms with Crippen LogP contribution in [0.25, 0.3) is 5.65 Å². The van der Waals surface area contributed by atoms with E-state index in [9.17, 15) is 17.4 Å². The Hall–Kier alpha value is -1.58. The molecule has 1 aromatic carbocycles. The molecule has 2 aromatic heterocycles. The number of benzene rings is 1. The maximum absolute atomic E-state index is 12.9. The molecule has 25 heavy (non-hydrogen) atoms. The predicted octanol–water partition coefficient (Wildman–Crippen LogP) is 4.30. The van der Waals surface area contributed by atoms with E-state index in [1.807, 2.05) is 6.07 Å². The number of hydrogen-bond donors (Lipinski definition) is 0. The molecule has 3 aromatic rings. The normalized spacial score (nSPS) is 13.3. The molecule has 1 atom stereocenters. The lowest BCUT2D eigenvalue weighted by Crippen LogP contribution is -2.07. The van der Waals surface area contributed by atoms with Gasteiger partial charge in [0.1, 0.15) is 0 Å². The summed E-state index contributed by atoms with van der Waals surface area (Å²) in [4.78, 5) is 0.705. The van der Waals surface area contributed by atoms with Crippen molar-refractivity contribution in [1.29, 1.82) is 0 Å². The molecule has 0 saturated heterocycles. The molecule has 0 aliphatic heterocycles. The van der Waals surface area contributed by atoms with Gasteiger partial charge in [0.05, 0.1) is 21.4 Å². The van der Waals surface area contributed by atoms with Gasteiger partial charge >= 0.3 is 6.18 Å². The lowest BCUT2D eigenvalue weighted by Gasteiger charge is -2.08. The van der Waals surface area contributed by atoms with Crippen LogP contribution < -0.4 is 0 Å². The van der Waals surface area contributed by atoms with Crippen molar-refractivity contribution in [1.82, 2.24) is 14.6 Å². The van der Waals surface area contributed by atoms with Crippen LogP contribution in [0.4, 0.5) is 13.2 Å². The molecule has 10 heteroatoms. The van der Waals surface area contributed by atoms with Gasteiger partial charge < -0.3 is 0 Å². The number of alkyl halides is 3. The number of rotatable bonds is 5. The van der Waals surface area contributed by atoms with Crippen LogP contribution in [0, 0.1) is 0 Å². The maximum Gasteiger partial charge on any atom is 0.417 e. The third kappa shape index (κ3) is 4.16. The summed E-state index contributed by atoms with van der Waals surface area (Å²) in [6, 6.07) is 9.79. The van der Waals surface area contributed by atoms with Crippen molar-refractivity contribution in [2.45, 2.75) is 16.2 Å². The van der Waals surface area contributed by atoms with Crippen LogP contribution in [0.15, 0.2) is 52.6 Å². The summed E-state index contributed by atoms with van der Waals surface area (Å²) >= 11 is 7.04. The summed E-state index contributed by atoms with van der Waals surface area (Å²) in [6.07, 6.45) is -3.60. The molecule has 4 nitrogen and oxygen atoms in total. The minimum atomic E-state index is -4.52. The Morgan fingerprint density at radius 1 is 1.20 bits per heavy atom. The average molecular weight is 406 g/mol. The smallest absolute Gasteiger partial charge is 0.276 e. The van der Waals surface area contributed by atoms with Crippen LogP contribution in [0.2, 0.25) is 5.02 Å². The molecule has 3 rings (SSSR count). The molecule has 0 N–H and O–H groups in total. The van der Waals surface area contributed by atoms with Crippen molar-refractivity contribution < 1.29 is 17.4 Å². The molecule has 0 aliphatic rings. The van der Waals surface area contributed by atoms with Gasteiger partial charge in [-0.2, -0.15) is 13.2 Å². The molecule has 0 radical (unpaired) electrons. The number of aromatic nitrogens is 3. The summed E-state index contributed by atoms with van der Waals surface area (Å²) in [5.41, 5.74) is -0.721. The number of halogens is 4. The highest BCUT2D eigenvalue weighted by atomic mass is 35.5. The minimum Gasteiger partial charge on any atom is -0.276 e. The zero-order valence-corrected chi connectivity index (χ0v) is 14.9. The fourth-order valence-corrected chi connectivity index (χ4v) is 4.53. The van der Waals surface area contributed by atoms with E-state index < -0.39 is 22.5 Å². The Kier molecular flexibility index (Phi) is 5.35. The summed E-state index contributed by atoms with van der Waals surface area (Å²) in [5.74, 6) is 0.756. The van der Waals surface area contributed by atoms with Crippen molar-refractivity contribution in [3.63, 3.8) is 0 Å². The number of fused-ring (bicyclic) bond motifs is 1. The molecule has 0 saturated carbocycles. The average Bonchev–Trinajstić information content (AvgIpc) is 2.98. The Labute approximate surface area is 152 Å². The van der Waals surface area contributed by atoms with Gasteiger partial charge in [0.15, 0.2) is 10.8 Å². The van der Waals surface area contributed by atoms with Crippen LogP contribution in [0.5, 0.6) is 0 Å². The van der Waals surface area contributed by atoms with Gasteiger partial charge in [-0.25, -0.2) is 0 Å². The zero-order valence-electron chi connectivity index (χ0n) is 12.5. The van der Waals surface area contributed by atoms with Crippen molar-refractivity contribution in [2.24, 2.45) is 0 Å². The van der Waals surface area contributed by atoms with Crippen molar-refractivity contribution in [3.8, 4) is 0 Å². The van der Waals surface area contributed by atoms with Crippen molar-refractivity contribution in [3.05, 3.63) is 53.2 Å². The number of pyridine rings is 1. The highest BCUT2D eigenvalue weighted by Gasteiger charge is 2.32. The van der Waals surface area contributed by atoms with E-state index >= 15 is 0 Å². The second-order valence-electron chi connectivity index (χ2n) is 4.96. The van der Waals surface area contributed by atoms with E-state index in [2.05, 4.69) is 10.2 Å². The van der Waals surface area contributed by atoms with Gasteiger partial charge in [-0.15, -0.1) is 10.2 Å². The summed E-state index contributed by atoms with van der Waals surface area (Å²) in [6.45, 7) is 0. The van der Waals surface area contributed by atoms with Crippen molar-refractivity contribution >= 4 is 39.8 Å². The topological polar surface area (TPSA) is 47.3 Å². The molecular weight excluding hydrogens is 395 g/mol. The quantitative estimate of drug-likeness (QED) is 0.594. The first-order valence-electron chi connectivity index (χ1n) is 7.04. The Morgan fingerprint density at radius 3 is 2.60 bits per heavy atom. The van der Waals surface area contributed by atoms with E-state index in [0.717, 1.165) is 12.3 Å². The first-order valence-corrected chi connectivity index (χ1v) is 9.72. The largest absolute Gasteiger partial charge is 0.417 e. The maximum atomic E-state index is 12.9. The summed E-state index contributed by atoms with van der Waals surface area (Å²) < 4.78 is 52.1. The van der Waals surface area contributed by atoms with Crippen molar-refractivity contribution in [2.75, 3.05) is 11.5 Å². The van der Waals surface area contributed by atoms with E-state index in [0.29, 0.717) is 16.4 Å². The standard InChI is InChI=1S/C15H11ClF3N3OS2/c16-12-8-10(15(17,18)19)9-22-13(12)20-21-14(22)24-6-7-25(23)11-4-2-1-3-5-11/h1-5,8-9H,6-7H2. The van der Waals surface area contributed by atoms with Crippen LogP contribution in [0.3, 0.4) is 0 Å². The van der Waals surface area contributed by atoms with E-state index in [1.54, 1.807) is 24.3 Å². The lowest BCUT2D eigenvalue weighted by molar-refractivity contribution is -0.137. The van der Waals surface area contributed by atoms with Gasteiger partial charge in [0.25, 0.3) is 0 Å². The van der Waals surface area contributed by atoms with Crippen LogP contribution >= 0.6 is 23.4 Å². The molecule has 0 aliphatic carbocycles. The number of hydrogen-bond acceptors (Lipinski definition) is 4. The van der Waals surface area contributed by atoms with E-state index in [4.69, 9.17) is 11.6 Å². The molecule has 0 bridgehead atoms. The second kappa shape index (κ2) is 7.35. The Balaban J connectivity index is 1.76. The summed E-state index contributed by atoms with van der Waals surface area (Å²) in [5, 5.41) is 7.84. The van der Waals surface area contributed by atoms with Gasteiger partial charge in [-0.3, -0.25) is 8.61 Å². The number of thioether (sulfide) groups is 1. The molecular formula is C15H11ClF3N3OS2. The monoisotopic (exact) mass is 405 g/mol. The fraction of sp³-hybridized carbons (Fsp3) is 0.200. The third-order valence-electron chi connectivity index (χ3n) is 3.26. The molecule has 0 amide bonds. The first-order chi connectivity index (χ1) is 11.9. The lowest BCUT2D eigenvalue weighted by atomic mass is 10.3. The van der Waals surface area contributed by atoms with Crippen LogP contribution in [-0.4, -0.2) is 30.3 Å². The van der Waals surface area contributed by atoms with Gasteiger partial charge in [0, 0.05) is 22.6 Å². The van der Waals surface area contributed by atoms with Crippen LogP contribution in [0.1, 0.15) is 5.56 Å². The van der Waals surface area contributed by atoms with Crippen LogP contribution in [-0.2, 0) is 17.0 Å². The Morgan fingerprint density at radius 2 is 1.92 bits per heavy atom. The van der Waals surface area contributed by atoms with Gasteiger partial charge in [-0.1, -0.05) is 41.6 Å². The van der Waals surface area contributed by atoms with E-state index in [-0.39, 0.29) is 15.8 Å². The molecule has 0 fully saturated rings. The molecule has 132 valence electrons. The predicted molar refractivity (Wildman–Crippen MR) is 91.4 cm³/mol. The molecule has 1 unspecified atom stereocenters. The van der Waals surface area contributed by atoms with E-state index in [1.165, 1.54) is 16.2 Å². The highest BCUT2D eigenvalue weighted by molar-refractivity contribution is 8.00. The SMILES string of the molecule is O=S(CCSc1nnc2c(Cl)cc(C(F)(F)F)cn12)c1ccccc1. The third-order valence-corrected chi connectivity index (χ3v) is 6.12. The number of nitrogens with zero attached hydrogens (tertiary/aromatic N) is 3. The minimum absolute atomic E-state index is 0.123. The first kappa shape index (κ1) is 18.2. The fourth-order valence-electron chi connectivity index (χ4n) is 2.09. The van der Waals surface area contributed by atoms with Gasteiger partial charge in [0.2, 0.25) is 0 Å². The highest BCUT2D eigenvalue weighted by Crippen LogP contribution is 2.33.